The summed E-state index contributed by atoms with van der Waals surface area (Å²) in [5, 5.41) is 6.12. The number of carbonyl (C=O) groups excluding carboxylic acids is 2. The van der Waals surface area contributed by atoms with E-state index in [4.69, 9.17) is 9.47 Å². The average Bonchev–Trinajstić information content (AvgIpc) is 2.81. The van der Waals surface area contributed by atoms with Gasteiger partial charge in [-0.25, -0.2) is 9.59 Å². The molecule has 0 amide bonds. The molecule has 0 atom stereocenters. The van der Waals surface area contributed by atoms with Gasteiger partial charge in [0.2, 0.25) is 0 Å². The molecule has 1 aromatic heterocycles. The lowest BCUT2D eigenvalue weighted by atomic mass is 10.0. The SMILES string of the molecule is CCOC(=O)c1cnc2c(ccc3ccccc32)c1NCCOC(=O)c1cccc(C)c1. The van der Waals surface area contributed by atoms with Gasteiger partial charge in [-0.1, -0.05) is 54.1 Å². The maximum Gasteiger partial charge on any atom is 0.341 e. The molecule has 1 heterocycles. The molecule has 0 aliphatic heterocycles. The van der Waals surface area contributed by atoms with Crippen molar-refractivity contribution in [3.63, 3.8) is 0 Å². The number of esters is 2. The first kappa shape index (κ1) is 21.3. The lowest BCUT2D eigenvalue weighted by molar-refractivity contribution is 0.0510. The lowest BCUT2D eigenvalue weighted by Gasteiger charge is -2.15. The predicted molar refractivity (Wildman–Crippen MR) is 125 cm³/mol. The molecule has 32 heavy (non-hydrogen) atoms. The van der Waals surface area contributed by atoms with Crippen molar-refractivity contribution < 1.29 is 19.1 Å². The molecule has 4 rings (SSSR count). The molecule has 6 heteroatoms. The molecule has 0 radical (unpaired) electrons. The van der Waals surface area contributed by atoms with E-state index in [0.717, 1.165) is 27.2 Å². The van der Waals surface area contributed by atoms with Crippen LogP contribution in [0.25, 0.3) is 21.7 Å². The number of hydrogen-bond donors (Lipinski definition) is 1. The number of pyridine rings is 1. The normalized spacial score (nSPS) is 10.8. The Bertz CT molecular complexity index is 1300. The lowest BCUT2D eigenvalue weighted by Crippen LogP contribution is -2.17. The Kier molecular flexibility index (Phi) is 6.31. The Balaban J connectivity index is 1.59. The molecule has 0 unspecified atom stereocenters. The van der Waals surface area contributed by atoms with Crippen LogP contribution in [0.1, 0.15) is 33.2 Å². The molecule has 0 fully saturated rings. The second kappa shape index (κ2) is 9.47. The highest BCUT2D eigenvalue weighted by Crippen LogP contribution is 2.31. The quantitative estimate of drug-likeness (QED) is 0.249. The van der Waals surface area contributed by atoms with E-state index >= 15 is 0 Å². The highest BCUT2D eigenvalue weighted by Gasteiger charge is 2.18. The Morgan fingerprint density at radius 2 is 1.78 bits per heavy atom. The van der Waals surface area contributed by atoms with Gasteiger partial charge in [0, 0.05) is 23.5 Å². The van der Waals surface area contributed by atoms with Crippen LogP contribution in [0.3, 0.4) is 0 Å². The number of aryl methyl sites for hydroxylation is 1. The minimum atomic E-state index is -0.450. The van der Waals surface area contributed by atoms with Gasteiger partial charge in [-0.2, -0.15) is 0 Å². The van der Waals surface area contributed by atoms with Crippen LogP contribution in [0.15, 0.2) is 66.9 Å². The number of carbonyl (C=O) groups is 2. The summed E-state index contributed by atoms with van der Waals surface area (Å²) in [5.74, 6) is -0.832. The highest BCUT2D eigenvalue weighted by atomic mass is 16.5. The minimum absolute atomic E-state index is 0.145. The minimum Gasteiger partial charge on any atom is -0.462 e. The Labute approximate surface area is 186 Å². The van der Waals surface area contributed by atoms with Crippen LogP contribution in [0.2, 0.25) is 0 Å². The van der Waals surface area contributed by atoms with E-state index in [1.807, 2.05) is 55.5 Å². The average molecular weight is 428 g/mol. The van der Waals surface area contributed by atoms with Crippen LogP contribution < -0.4 is 5.32 Å². The molecular weight excluding hydrogens is 404 g/mol. The van der Waals surface area contributed by atoms with Crippen molar-refractivity contribution in [2.45, 2.75) is 13.8 Å². The van der Waals surface area contributed by atoms with Crippen LogP contribution in [0.5, 0.6) is 0 Å². The van der Waals surface area contributed by atoms with Crippen molar-refractivity contribution in [3.8, 4) is 0 Å². The molecule has 0 spiro atoms. The number of benzene rings is 3. The Morgan fingerprint density at radius 1 is 0.938 bits per heavy atom. The molecule has 1 N–H and O–H groups in total. The predicted octanol–water partition coefficient (Wildman–Crippen LogP) is 5.14. The summed E-state index contributed by atoms with van der Waals surface area (Å²) in [6.07, 6.45) is 1.54. The van der Waals surface area contributed by atoms with Gasteiger partial charge in [-0.05, 0) is 31.4 Å². The van der Waals surface area contributed by atoms with Crippen molar-refractivity contribution >= 4 is 39.3 Å². The van der Waals surface area contributed by atoms with Crippen LogP contribution in [-0.2, 0) is 9.47 Å². The van der Waals surface area contributed by atoms with Gasteiger partial charge in [-0.3, -0.25) is 4.98 Å². The number of ether oxygens (including phenoxy) is 2. The van der Waals surface area contributed by atoms with Crippen molar-refractivity contribution in [1.29, 1.82) is 0 Å². The van der Waals surface area contributed by atoms with Crippen LogP contribution >= 0.6 is 0 Å². The zero-order valence-corrected chi connectivity index (χ0v) is 18.1. The van der Waals surface area contributed by atoms with Gasteiger partial charge in [0.1, 0.15) is 12.2 Å². The van der Waals surface area contributed by atoms with E-state index in [1.165, 1.54) is 6.20 Å². The summed E-state index contributed by atoms with van der Waals surface area (Å²) in [6.45, 7) is 4.43. The largest absolute Gasteiger partial charge is 0.462 e. The number of aromatic nitrogens is 1. The fourth-order valence-electron chi connectivity index (χ4n) is 3.66. The van der Waals surface area contributed by atoms with Crippen molar-refractivity contribution in [3.05, 3.63) is 83.6 Å². The molecule has 4 aromatic rings. The number of nitrogens with one attached hydrogen (secondary N) is 1. The van der Waals surface area contributed by atoms with Gasteiger partial charge in [0.05, 0.1) is 23.4 Å². The molecular formula is C26H24N2O4. The third-order valence-electron chi connectivity index (χ3n) is 5.15. The first-order valence-electron chi connectivity index (χ1n) is 10.5. The number of nitrogens with zero attached hydrogens (tertiary/aromatic N) is 1. The molecule has 0 saturated heterocycles. The molecule has 0 bridgehead atoms. The van der Waals surface area contributed by atoms with E-state index in [9.17, 15) is 9.59 Å². The number of rotatable bonds is 7. The summed E-state index contributed by atoms with van der Waals surface area (Å²) >= 11 is 0. The van der Waals surface area contributed by atoms with E-state index in [1.54, 1.807) is 19.1 Å². The van der Waals surface area contributed by atoms with Gasteiger partial charge < -0.3 is 14.8 Å². The van der Waals surface area contributed by atoms with Crippen LogP contribution in [-0.4, -0.2) is 36.7 Å². The second-order valence-electron chi connectivity index (χ2n) is 7.38. The fraction of sp³-hybridized carbons (Fsp3) is 0.192. The van der Waals surface area contributed by atoms with Gasteiger partial charge in [0.25, 0.3) is 0 Å². The third-order valence-corrected chi connectivity index (χ3v) is 5.15. The zero-order valence-electron chi connectivity index (χ0n) is 18.1. The molecule has 0 saturated carbocycles. The summed E-state index contributed by atoms with van der Waals surface area (Å²) in [4.78, 5) is 29.4. The van der Waals surface area contributed by atoms with E-state index < -0.39 is 5.97 Å². The van der Waals surface area contributed by atoms with Crippen molar-refractivity contribution in [2.24, 2.45) is 0 Å². The molecule has 6 nitrogen and oxygen atoms in total. The van der Waals surface area contributed by atoms with E-state index in [-0.39, 0.29) is 19.2 Å². The second-order valence-corrected chi connectivity index (χ2v) is 7.38. The summed E-state index contributed by atoms with van der Waals surface area (Å²) in [5.41, 5.74) is 3.26. The van der Waals surface area contributed by atoms with Crippen molar-refractivity contribution in [2.75, 3.05) is 25.1 Å². The van der Waals surface area contributed by atoms with Gasteiger partial charge >= 0.3 is 11.9 Å². The molecule has 162 valence electrons. The molecule has 0 aliphatic carbocycles. The van der Waals surface area contributed by atoms with Gasteiger partial charge in [-0.15, -0.1) is 0 Å². The topological polar surface area (TPSA) is 77.5 Å². The van der Waals surface area contributed by atoms with Crippen LogP contribution in [0.4, 0.5) is 5.69 Å². The highest BCUT2D eigenvalue weighted by molar-refractivity contribution is 6.13. The maximum absolute atomic E-state index is 12.5. The van der Waals surface area contributed by atoms with Crippen molar-refractivity contribution in [1.82, 2.24) is 4.98 Å². The summed E-state index contributed by atoms with van der Waals surface area (Å²) < 4.78 is 10.6. The smallest absolute Gasteiger partial charge is 0.341 e. The number of hydrogen-bond acceptors (Lipinski definition) is 6. The van der Waals surface area contributed by atoms with E-state index in [0.29, 0.717) is 23.4 Å². The van der Waals surface area contributed by atoms with E-state index in [2.05, 4.69) is 10.3 Å². The Hall–Kier alpha value is -3.93. The maximum atomic E-state index is 12.5. The third kappa shape index (κ3) is 4.39. The number of anilines is 1. The molecule has 3 aromatic carbocycles. The van der Waals surface area contributed by atoms with Crippen LogP contribution in [0, 0.1) is 6.92 Å². The zero-order chi connectivity index (χ0) is 22.5. The summed E-state index contributed by atoms with van der Waals surface area (Å²) in [7, 11) is 0. The Morgan fingerprint density at radius 3 is 2.59 bits per heavy atom. The first-order valence-corrected chi connectivity index (χ1v) is 10.5. The molecule has 0 aliphatic rings. The first-order chi connectivity index (χ1) is 15.6. The monoisotopic (exact) mass is 428 g/mol. The fourth-order valence-corrected chi connectivity index (χ4v) is 3.66. The number of fused-ring (bicyclic) bond motifs is 3. The van der Waals surface area contributed by atoms with Gasteiger partial charge in [0.15, 0.2) is 0 Å². The standard InChI is InChI=1S/C26H24N2O4/c1-3-31-26(30)22-16-28-23-20-10-5-4-8-18(20)11-12-21(23)24(22)27-13-14-32-25(29)19-9-6-7-17(2)15-19/h4-12,15-16H,3,13-14H2,1-2H3,(H,27,28). The summed E-state index contributed by atoms with van der Waals surface area (Å²) in [6, 6.07) is 19.2.